The van der Waals surface area contributed by atoms with Crippen molar-refractivity contribution in [2.24, 2.45) is 5.92 Å². The second-order valence-corrected chi connectivity index (χ2v) is 20.4. The van der Waals surface area contributed by atoms with Gasteiger partial charge in [0.05, 0.1) is 0 Å². The van der Waals surface area contributed by atoms with Crippen LogP contribution in [0.15, 0.2) is 0 Å². The quantitative estimate of drug-likeness (QED) is 0.0344. The molecule has 0 N–H and O–H groups in total. The van der Waals surface area contributed by atoms with Gasteiger partial charge in [-0.25, -0.2) is 0 Å². The normalized spacial score (nSPS) is 12.0. The van der Waals surface area contributed by atoms with Crippen LogP contribution in [0.3, 0.4) is 0 Å². The highest BCUT2D eigenvalue weighted by Crippen LogP contribution is 2.18. The highest BCUT2D eigenvalue weighted by molar-refractivity contribution is 5.71. The second kappa shape index (κ2) is 52.4. The van der Waals surface area contributed by atoms with E-state index in [1.807, 2.05) is 0 Å². The molecule has 6 nitrogen and oxygen atoms in total. The van der Waals surface area contributed by atoms with Crippen molar-refractivity contribution in [2.45, 2.75) is 336 Å². The van der Waals surface area contributed by atoms with Gasteiger partial charge in [-0.05, 0) is 25.2 Å². The summed E-state index contributed by atoms with van der Waals surface area (Å²) in [6.07, 6.45) is 56.6. The molecule has 0 saturated carbocycles. The van der Waals surface area contributed by atoms with Crippen molar-refractivity contribution in [3.8, 4) is 0 Å². The zero-order valence-corrected chi connectivity index (χ0v) is 43.8. The molecule has 0 aliphatic heterocycles. The minimum atomic E-state index is -0.761. The van der Waals surface area contributed by atoms with Gasteiger partial charge in [0.1, 0.15) is 13.2 Å². The van der Waals surface area contributed by atoms with Crippen LogP contribution in [0.5, 0.6) is 0 Å². The number of carbonyl (C=O) groups is 3. The maximum atomic E-state index is 12.8. The molecular weight excluding hydrogens is 793 g/mol. The SMILES string of the molecule is CCCCCCCCCCCCCCCCCCCC(=O)OC[C@H](COC(=O)CCCCCCCCCCCCC)OC(=O)CCCCCCCCCCCCCCCCCC(C)C. The van der Waals surface area contributed by atoms with Crippen LogP contribution < -0.4 is 0 Å². The molecule has 1 atom stereocenters. The Hall–Kier alpha value is -1.59. The van der Waals surface area contributed by atoms with E-state index in [1.165, 1.54) is 225 Å². The molecule has 0 saturated heterocycles. The average Bonchev–Trinajstić information content (AvgIpc) is 3.28. The van der Waals surface area contributed by atoms with E-state index in [1.54, 1.807) is 0 Å². The zero-order chi connectivity index (χ0) is 46.7. The van der Waals surface area contributed by atoms with Gasteiger partial charge in [-0.3, -0.25) is 14.4 Å². The van der Waals surface area contributed by atoms with E-state index in [2.05, 4.69) is 27.7 Å². The fourth-order valence-corrected chi connectivity index (χ4v) is 8.92. The first-order valence-electron chi connectivity index (χ1n) is 28.9. The number of ether oxygens (including phenoxy) is 3. The summed E-state index contributed by atoms with van der Waals surface area (Å²) in [7, 11) is 0. The smallest absolute Gasteiger partial charge is 0.306 e. The van der Waals surface area contributed by atoms with Gasteiger partial charge in [-0.15, -0.1) is 0 Å². The standard InChI is InChI=1S/C58H112O6/c1-5-7-9-11-13-15-17-18-19-20-23-26-30-34-38-42-46-50-57(60)63-53-55(52-62-56(59)49-45-41-37-33-28-16-14-12-10-8-6-2)64-58(61)51-47-43-39-35-31-27-24-21-22-25-29-32-36-40-44-48-54(3)4/h54-55H,5-53H2,1-4H3/t55-/m0/s1. The minimum absolute atomic E-state index is 0.0618. The summed E-state index contributed by atoms with van der Waals surface area (Å²) in [5.74, 6) is 0.0118. The monoisotopic (exact) mass is 905 g/mol. The fraction of sp³-hybridized carbons (Fsp3) is 0.948. The Bertz CT molecular complexity index is 964. The number of rotatable bonds is 53. The van der Waals surface area contributed by atoms with Crippen molar-refractivity contribution in [1.29, 1.82) is 0 Å². The lowest BCUT2D eigenvalue weighted by molar-refractivity contribution is -0.167. The average molecular weight is 906 g/mol. The molecule has 64 heavy (non-hydrogen) atoms. The molecule has 0 unspecified atom stereocenters. The third-order valence-corrected chi connectivity index (χ3v) is 13.3. The van der Waals surface area contributed by atoms with Crippen molar-refractivity contribution in [1.82, 2.24) is 0 Å². The maximum Gasteiger partial charge on any atom is 0.306 e. The highest BCUT2D eigenvalue weighted by Gasteiger charge is 2.19. The van der Waals surface area contributed by atoms with Crippen LogP contribution in [0.4, 0.5) is 0 Å². The molecule has 0 radical (unpaired) electrons. The molecule has 0 heterocycles. The van der Waals surface area contributed by atoms with Crippen LogP contribution in [0.2, 0.25) is 0 Å². The minimum Gasteiger partial charge on any atom is -0.462 e. The van der Waals surface area contributed by atoms with Crippen molar-refractivity contribution < 1.29 is 28.6 Å². The lowest BCUT2D eigenvalue weighted by atomic mass is 10.0. The molecule has 0 amide bonds. The van der Waals surface area contributed by atoms with Gasteiger partial charge in [0, 0.05) is 19.3 Å². The highest BCUT2D eigenvalue weighted by atomic mass is 16.6. The number of carbonyl (C=O) groups excluding carboxylic acids is 3. The third-order valence-electron chi connectivity index (χ3n) is 13.3. The van der Waals surface area contributed by atoms with Gasteiger partial charge in [0.15, 0.2) is 6.10 Å². The van der Waals surface area contributed by atoms with Gasteiger partial charge >= 0.3 is 17.9 Å². The van der Waals surface area contributed by atoms with Gasteiger partial charge in [-0.2, -0.15) is 0 Å². The fourth-order valence-electron chi connectivity index (χ4n) is 8.92. The molecule has 0 aromatic heterocycles. The van der Waals surface area contributed by atoms with Crippen LogP contribution in [0.1, 0.15) is 329 Å². The predicted molar refractivity (Wildman–Crippen MR) is 275 cm³/mol. The molecule has 0 aliphatic rings. The Morgan fingerprint density at radius 2 is 0.516 bits per heavy atom. The molecular formula is C58H112O6. The Labute approximate surface area is 399 Å². The molecule has 380 valence electrons. The van der Waals surface area contributed by atoms with E-state index in [-0.39, 0.29) is 31.1 Å². The Kier molecular flexibility index (Phi) is 51.1. The summed E-state index contributed by atoms with van der Waals surface area (Å²) in [6, 6.07) is 0. The van der Waals surface area contributed by atoms with Crippen molar-refractivity contribution in [2.75, 3.05) is 13.2 Å². The Balaban J connectivity index is 4.26. The maximum absolute atomic E-state index is 12.8. The van der Waals surface area contributed by atoms with Crippen LogP contribution in [-0.2, 0) is 28.6 Å². The van der Waals surface area contributed by atoms with Crippen molar-refractivity contribution in [3.63, 3.8) is 0 Å². The van der Waals surface area contributed by atoms with E-state index in [0.29, 0.717) is 19.3 Å². The van der Waals surface area contributed by atoms with Crippen LogP contribution in [-0.4, -0.2) is 37.2 Å². The van der Waals surface area contributed by atoms with Crippen molar-refractivity contribution in [3.05, 3.63) is 0 Å². The molecule has 0 fully saturated rings. The first-order valence-corrected chi connectivity index (χ1v) is 28.9. The summed E-state index contributed by atoms with van der Waals surface area (Å²) in [6.45, 7) is 9.06. The Morgan fingerprint density at radius 3 is 0.766 bits per heavy atom. The molecule has 0 spiro atoms. The van der Waals surface area contributed by atoms with Crippen LogP contribution >= 0.6 is 0 Å². The molecule has 0 aliphatic carbocycles. The van der Waals surface area contributed by atoms with Crippen LogP contribution in [0.25, 0.3) is 0 Å². The first kappa shape index (κ1) is 62.4. The van der Waals surface area contributed by atoms with E-state index in [0.717, 1.165) is 63.7 Å². The number of hydrogen-bond donors (Lipinski definition) is 0. The topological polar surface area (TPSA) is 78.9 Å². The largest absolute Gasteiger partial charge is 0.462 e. The van der Waals surface area contributed by atoms with E-state index < -0.39 is 6.10 Å². The van der Waals surface area contributed by atoms with Gasteiger partial charge < -0.3 is 14.2 Å². The predicted octanol–water partition coefficient (Wildman–Crippen LogP) is 19.0. The van der Waals surface area contributed by atoms with Gasteiger partial charge in [-0.1, -0.05) is 291 Å². The van der Waals surface area contributed by atoms with Crippen molar-refractivity contribution >= 4 is 17.9 Å². The molecule has 6 heteroatoms. The van der Waals surface area contributed by atoms with Crippen LogP contribution in [0, 0.1) is 5.92 Å². The molecule has 0 rings (SSSR count). The lowest BCUT2D eigenvalue weighted by Gasteiger charge is -2.18. The van der Waals surface area contributed by atoms with E-state index in [4.69, 9.17) is 14.2 Å². The lowest BCUT2D eigenvalue weighted by Crippen LogP contribution is -2.30. The number of hydrogen-bond acceptors (Lipinski definition) is 6. The molecule has 0 bridgehead atoms. The molecule has 0 aromatic rings. The van der Waals surface area contributed by atoms with E-state index in [9.17, 15) is 14.4 Å². The summed E-state index contributed by atoms with van der Waals surface area (Å²) < 4.78 is 16.9. The van der Waals surface area contributed by atoms with Gasteiger partial charge in [0.2, 0.25) is 0 Å². The summed E-state index contributed by atoms with van der Waals surface area (Å²) >= 11 is 0. The third kappa shape index (κ3) is 51.4. The molecule has 0 aromatic carbocycles. The van der Waals surface area contributed by atoms with Gasteiger partial charge in [0.25, 0.3) is 0 Å². The summed E-state index contributed by atoms with van der Waals surface area (Å²) in [4.78, 5) is 38.1. The van der Waals surface area contributed by atoms with E-state index >= 15 is 0 Å². The number of esters is 3. The zero-order valence-electron chi connectivity index (χ0n) is 43.8. The number of unbranched alkanes of at least 4 members (excludes halogenated alkanes) is 40. The Morgan fingerprint density at radius 1 is 0.297 bits per heavy atom. The summed E-state index contributed by atoms with van der Waals surface area (Å²) in [5, 5.41) is 0. The summed E-state index contributed by atoms with van der Waals surface area (Å²) in [5.41, 5.74) is 0. The second-order valence-electron chi connectivity index (χ2n) is 20.4. The first-order chi connectivity index (χ1) is 31.4.